The summed E-state index contributed by atoms with van der Waals surface area (Å²) in [6.45, 7) is 1.01. The maximum Gasteiger partial charge on any atom is 0.416 e. The minimum absolute atomic E-state index is 0.219. The largest absolute Gasteiger partial charge is 0.457 e. The Hall–Kier alpha value is -4.12. The van der Waals surface area contributed by atoms with E-state index in [0.717, 1.165) is 17.6 Å². The number of carbonyl (C=O) groups excluding carboxylic acids is 1. The van der Waals surface area contributed by atoms with Gasteiger partial charge in [-0.15, -0.1) is 0 Å². The summed E-state index contributed by atoms with van der Waals surface area (Å²) in [5.74, 6) is 0.952. The molecule has 2 aromatic heterocycles. The Bertz CT molecular complexity index is 1370. The van der Waals surface area contributed by atoms with Crippen LogP contribution in [0.2, 0.25) is 0 Å². The number of aromatic nitrogens is 3. The van der Waals surface area contributed by atoms with E-state index in [1.807, 2.05) is 0 Å². The third-order valence-electron chi connectivity index (χ3n) is 5.31. The lowest BCUT2D eigenvalue weighted by Gasteiger charge is -2.10. The zero-order valence-electron chi connectivity index (χ0n) is 19.6. The maximum absolute atomic E-state index is 13.0. The standard InChI is InChI=1S/C25H24F3N5O3/c1-33-22-8-7-18(36-19-9-11-29-21(15-19)23(34)30-10-4-12-35-2)14-20(22)32-24(33)31-17-6-3-5-16(13-17)25(26,27)28/h3,5-9,11,13-15H,4,10,12H2,1-2H3,(H,30,34)(H,31,32). The Morgan fingerprint density at radius 1 is 1.08 bits per heavy atom. The van der Waals surface area contributed by atoms with E-state index in [1.54, 1.807) is 43.0 Å². The van der Waals surface area contributed by atoms with E-state index in [9.17, 15) is 18.0 Å². The number of amides is 1. The molecule has 0 aliphatic rings. The van der Waals surface area contributed by atoms with Crippen LogP contribution in [0.1, 0.15) is 22.5 Å². The van der Waals surface area contributed by atoms with Crippen molar-refractivity contribution in [2.45, 2.75) is 12.6 Å². The molecule has 8 nitrogen and oxygen atoms in total. The molecule has 0 spiro atoms. The number of methoxy groups -OCH3 is 1. The van der Waals surface area contributed by atoms with Gasteiger partial charge >= 0.3 is 6.18 Å². The van der Waals surface area contributed by atoms with Crippen LogP contribution in [0.25, 0.3) is 11.0 Å². The van der Waals surface area contributed by atoms with E-state index in [-0.39, 0.29) is 17.3 Å². The third kappa shape index (κ3) is 5.92. The fourth-order valence-corrected chi connectivity index (χ4v) is 3.50. The van der Waals surface area contributed by atoms with Crippen LogP contribution in [0.3, 0.4) is 0 Å². The molecule has 0 fully saturated rings. The number of nitrogens with one attached hydrogen (secondary N) is 2. The van der Waals surface area contributed by atoms with Crippen molar-refractivity contribution < 1.29 is 27.4 Å². The van der Waals surface area contributed by atoms with Crippen LogP contribution in [0.4, 0.5) is 24.8 Å². The molecule has 4 rings (SSSR count). The number of benzene rings is 2. The highest BCUT2D eigenvalue weighted by Crippen LogP contribution is 2.32. The normalized spacial score (nSPS) is 11.5. The van der Waals surface area contributed by atoms with E-state index >= 15 is 0 Å². The van der Waals surface area contributed by atoms with Gasteiger partial charge in [0.2, 0.25) is 5.95 Å². The summed E-state index contributed by atoms with van der Waals surface area (Å²) < 4.78 is 51.7. The molecule has 0 radical (unpaired) electrons. The summed E-state index contributed by atoms with van der Waals surface area (Å²) in [7, 11) is 3.35. The molecule has 2 heterocycles. The van der Waals surface area contributed by atoms with Gasteiger partial charge in [-0.3, -0.25) is 9.78 Å². The molecule has 11 heteroatoms. The molecule has 188 valence electrons. The molecule has 2 N–H and O–H groups in total. The number of ether oxygens (including phenoxy) is 2. The first kappa shape index (κ1) is 25.0. The average Bonchev–Trinajstić information content (AvgIpc) is 3.15. The first-order valence-corrected chi connectivity index (χ1v) is 11.1. The lowest BCUT2D eigenvalue weighted by atomic mass is 10.2. The SMILES string of the molecule is COCCCNC(=O)c1cc(Oc2ccc3c(c2)nc(Nc2cccc(C(F)(F)F)c2)n3C)ccn1. The quantitative estimate of drug-likeness (QED) is 0.304. The van der Waals surface area contributed by atoms with Gasteiger partial charge in [-0.25, -0.2) is 4.98 Å². The van der Waals surface area contributed by atoms with Gasteiger partial charge in [-0.05, 0) is 42.8 Å². The number of nitrogens with zero attached hydrogens (tertiary/aromatic N) is 3. The van der Waals surface area contributed by atoms with Gasteiger partial charge in [0, 0.05) is 51.3 Å². The molecule has 0 saturated heterocycles. The lowest BCUT2D eigenvalue weighted by Crippen LogP contribution is -2.26. The van der Waals surface area contributed by atoms with Crippen molar-refractivity contribution in [3.05, 3.63) is 72.1 Å². The van der Waals surface area contributed by atoms with E-state index < -0.39 is 11.7 Å². The molecule has 0 aliphatic carbocycles. The summed E-state index contributed by atoms with van der Waals surface area (Å²) in [6, 6.07) is 13.3. The van der Waals surface area contributed by atoms with Gasteiger partial charge in [0.05, 0.1) is 16.6 Å². The molecule has 2 aromatic carbocycles. The highest BCUT2D eigenvalue weighted by atomic mass is 19.4. The summed E-state index contributed by atoms with van der Waals surface area (Å²) in [5.41, 5.74) is 1.07. The number of halogens is 3. The molecule has 0 bridgehead atoms. The van der Waals surface area contributed by atoms with Crippen molar-refractivity contribution >= 4 is 28.6 Å². The average molecular weight is 499 g/mol. The number of hydrogen-bond acceptors (Lipinski definition) is 6. The second kappa shape index (κ2) is 10.6. The van der Waals surface area contributed by atoms with Crippen LogP contribution in [0.5, 0.6) is 11.5 Å². The van der Waals surface area contributed by atoms with Crippen LogP contribution in [0.15, 0.2) is 60.8 Å². The van der Waals surface area contributed by atoms with Crippen LogP contribution >= 0.6 is 0 Å². The van der Waals surface area contributed by atoms with Crippen molar-refractivity contribution in [2.24, 2.45) is 7.05 Å². The third-order valence-corrected chi connectivity index (χ3v) is 5.31. The second-order valence-electron chi connectivity index (χ2n) is 7.93. The number of anilines is 2. The first-order valence-electron chi connectivity index (χ1n) is 11.1. The summed E-state index contributed by atoms with van der Waals surface area (Å²) >= 11 is 0. The zero-order chi connectivity index (χ0) is 25.7. The summed E-state index contributed by atoms with van der Waals surface area (Å²) in [4.78, 5) is 20.9. The Kier molecular flexibility index (Phi) is 7.39. The lowest BCUT2D eigenvalue weighted by molar-refractivity contribution is -0.137. The van der Waals surface area contributed by atoms with Crippen molar-refractivity contribution in [2.75, 3.05) is 25.6 Å². The monoisotopic (exact) mass is 499 g/mol. The van der Waals surface area contributed by atoms with Crippen molar-refractivity contribution in [3.63, 3.8) is 0 Å². The molecule has 0 saturated carbocycles. The van der Waals surface area contributed by atoms with Crippen LogP contribution in [-0.4, -0.2) is 40.7 Å². The van der Waals surface area contributed by atoms with Crippen LogP contribution in [-0.2, 0) is 18.0 Å². The molecular weight excluding hydrogens is 475 g/mol. The van der Waals surface area contributed by atoms with Gasteiger partial charge in [0.15, 0.2) is 0 Å². The van der Waals surface area contributed by atoms with E-state index in [1.165, 1.54) is 24.4 Å². The van der Waals surface area contributed by atoms with E-state index in [4.69, 9.17) is 9.47 Å². The molecule has 36 heavy (non-hydrogen) atoms. The minimum Gasteiger partial charge on any atom is -0.457 e. The van der Waals surface area contributed by atoms with Gasteiger partial charge in [-0.1, -0.05) is 6.07 Å². The van der Waals surface area contributed by atoms with E-state index in [0.29, 0.717) is 42.5 Å². The number of rotatable bonds is 9. The van der Waals surface area contributed by atoms with E-state index in [2.05, 4.69) is 20.6 Å². The molecule has 0 unspecified atom stereocenters. The van der Waals surface area contributed by atoms with Crippen LogP contribution in [0, 0.1) is 0 Å². The summed E-state index contributed by atoms with van der Waals surface area (Å²) in [5, 5.41) is 5.71. The minimum atomic E-state index is -4.44. The number of fused-ring (bicyclic) bond motifs is 1. The molecule has 0 aliphatic heterocycles. The van der Waals surface area contributed by atoms with Gasteiger partial charge in [0.1, 0.15) is 17.2 Å². The number of pyridine rings is 1. The van der Waals surface area contributed by atoms with Gasteiger partial charge in [-0.2, -0.15) is 13.2 Å². The second-order valence-corrected chi connectivity index (χ2v) is 7.93. The number of imidazole rings is 1. The Labute approximate surface area is 205 Å². The predicted molar refractivity (Wildman–Crippen MR) is 129 cm³/mol. The van der Waals surface area contributed by atoms with Crippen molar-refractivity contribution in [1.29, 1.82) is 0 Å². The zero-order valence-corrected chi connectivity index (χ0v) is 19.6. The number of alkyl halides is 3. The highest BCUT2D eigenvalue weighted by molar-refractivity contribution is 5.92. The fourth-order valence-electron chi connectivity index (χ4n) is 3.50. The molecule has 1 amide bonds. The Morgan fingerprint density at radius 2 is 1.89 bits per heavy atom. The molecular formula is C25H24F3N5O3. The highest BCUT2D eigenvalue weighted by Gasteiger charge is 2.30. The Balaban J connectivity index is 1.49. The van der Waals surface area contributed by atoms with Gasteiger partial charge < -0.3 is 24.7 Å². The smallest absolute Gasteiger partial charge is 0.416 e. The topological polar surface area (TPSA) is 90.3 Å². The fraction of sp³-hybridized carbons (Fsp3) is 0.240. The maximum atomic E-state index is 13.0. The molecule has 0 atom stereocenters. The van der Waals surface area contributed by atoms with Gasteiger partial charge in [0.25, 0.3) is 5.91 Å². The molecule has 4 aromatic rings. The summed E-state index contributed by atoms with van der Waals surface area (Å²) in [6.07, 6.45) is -2.27. The predicted octanol–water partition coefficient (Wildman–Crippen LogP) is 5.29. The van der Waals surface area contributed by atoms with Crippen molar-refractivity contribution in [1.82, 2.24) is 19.9 Å². The van der Waals surface area contributed by atoms with Crippen LogP contribution < -0.4 is 15.4 Å². The number of carbonyl (C=O) groups is 1. The first-order chi connectivity index (χ1) is 17.2. The number of hydrogen-bond donors (Lipinski definition) is 2. The Morgan fingerprint density at radius 3 is 2.67 bits per heavy atom. The van der Waals surface area contributed by atoms with Crippen molar-refractivity contribution in [3.8, 4) is 11.5 Å². The number of aryl methyl sites for hydroxylation is 1.